The van der Waals surface area contributed by atoms with E-state index in [4.69, 9.17) is 11.6 Å². The van der Waals surface area contributed by atoms with Gasteiger partial charge < -0.3 is 10.4 Å². The molecule has 1 fully saturated rings. The van der Waals surface area contributed by atoms with Crippen LogP contribution in [-0.4, -0.2) is 25.6 Å². The summed E-state index contributed by atoms with van der Waals surface area (Å²) in [6.45, 7) is 0. The molecule has 2 N–H and O–H groups in total. The lowest BCUT2D eigenvalue weighted by Gasteiger charge is -2.39. The maximum Gasteiger partial charge on any atom is 0.311 e. The molecule has 1 heterocycles. The topological polar surface area (TPSA) is 119 Å². The van der Waals surface area contributed by atoms with Crippen molar-refractivity contribution in [1.82, 2.24) is 0 Å². The molecule has 0 amide bonds. The van der Waals surface area contributed by atoms with Crippen LogP contribution in [0.15, 0.2) is 83.8 Å². The number of hydrogen-bond acceptors (Lipinski definition) is 7. The van der Waals surface area contributed by atoms with Gasteiger partial charge in [-0.25, -0.2) is 0 Å². The van der Waals surface area contributed by atoms with Crippen LogP contribution in [0.5, 0.6) is 5.75 Å². The average molecular weight is 548 g/mol. The van der Waals surface area contributed by atoms with Crippen LogP contribution in [0.25, 0.3) is 10.8 Å². The van der Waals surface area contributed by atoms with Gasteiger partial charge >= 0.3 is 5.69 Å². The van der Waals surface area contributed by atoms with Crippen LogP contribution in [0.2, 0.25) is 0 Å². The van der Waals surface area contributed by atoms with Crippen LogP contribution in [0.3, 0.4) is 0 Å². The quantitative estimate of drug-likeness (QED) is 0.152. The summed E-state index contributed by atoms with van der Waals surface area (Å²) in [6, 6.07) is 23.0. The Morgan fingerprint density at radius 3 is 2.45 bits per heavy atom. The zero-order valence-electron chi connectivity index (χ0n) is 19.9. The molecule has 1 saturated carbocycles. The maximum atomic E-state index is 11.7. The van der Waals surface area contributed by atoms with Crippen molar-refractivity contribution in [3.8, 4) is 5.75 Å². The summed E-state index contributed by atoms with van der Waals surface area (Å²) < 4.78 is 0. The average Bonchev–Trinajstić information content (AvgIpc) is 3.24. The number of benzene rings is 4. The lowest BCUT2D eigenvalue weighted by Crippen LogP contribution is -2.31. The standard InChI is InChI=1S/C28H22ClN3O5S/c29-27-24(38-23-8-4-3-7-20(23)31(34)35)14-18-26(27)25-17-6-2-1-5-15(17)9-11-19(25)30-28(18)16-10-12-22(33)21(13-16)32(36)37/h1-13,18,24,26-28,30,33H,14H2. The van der Waals surface area contributed by atoms with Gasteiger partial charge in [0.05, 0.1) is 26.2 Å². The molecule has 0 spiro atoms. The van der Waals surface area contributed by atoms with E-state index in [1.54, 1.807) is 24.3 Å². The highest BCUT2D eigenvalue weighted by Crippen LogP contribution is 2.59. The van der Waals surface area contributed by atoms with Crippen LogP contribution >= 0.6 is 23.4 Å². The van der Waals surface area contributed by atoms with E-state index in [1.165, 1.54) is 30.0 Å². The second-order valence-corrected chi connectivity index (χ2v) is 11.4. The monoisotopic (exact) mass is 547 g/mol. The number of halogens is 1. The zero-order chi connectivity index (χ0) is 26.6. The van der Waals surface area contributed by atoms with Gasteiger partial charge in [-0.15, -0.1) is 23.4 Å². The van der Waals surface area contributed by atoms with Crippen molar-refractivity contribution in [2.45, 2.75) is 33.9 Å². The number of phenols is 1. The molecular formula is C28H22ClN3O5S. The van der Waals surface area contributed by atoms with Crippen LogP contribution in [0.4, 0.5) is 17.1 Å². The van der Waals surface area contributed by atoms with Gasteiger partial charge in [0.25, 0.3) is 5.69 Å². The third kappa shape index (κ3) is 4.02. The number of thioether (sulfide) groups is 1. The molecule has 6 rings (SSSR count). The minimum absolute atomic E-state index is 0.0415. The van der Waals surface area contributed by atoms with Gasteiger partial charge in [-0.1, -0.05) is 48.5 Å². The molecule has 4 aromatic rings. The van der Waals surface area contributed by atoms with Crippen LogP contribution in [-0.2, 0) is 0 Å². The second-order valence-electron chi connectivity index (χ2n) is 9.63. The summed E-state index contributed by atoms with van der Waals surface area (Å²) in [4.78, 5) is 22.8. The number of fused-ring (bicyclic) bond motifs is 5. The summed E-state index contributed by atoms with van der Waals surface area (Å²) in [7, 11) is 0. The highest BCUT2D eigenvalue weighted by atomic mass is 35.5. The van der Waals surface area contributed by atoms with Crippen molar-refractivity contribution in [3.05, 3.63) is 110 Å². The number of anilines is 1. The number of aromatic hydroxyl groups is 1. The van der Waals surface area contributed by atoms with E-state index in [0.717, 1.165) is 22.0 Å². The molecule has 192 valence electrons. The Bertz CT molecular complexity index is 1600. The fourth-order valence-electron chi connectivity index (χ4n) is 5.98. The number of nitro benzene ring substituents is 2. The number of phenolic OH excluding ortho intramolecular Hbond substituents is 1. The first kappa shape index (κ1) is 24.5. The van der Waals surface area contributed by atoms with E-state index >= 15 is 0 Å². The predicted octanol–water partition coefficient (Wildman–Crippen LogP) is 7.40. The normalized spacial score (nSPS) is 23.9. The molecule has 4 aromatic carbocycles. The number of alkyl halides is 1. The third-order valence-electron chi connectivity index (χ3n) is 7.60. The molecule has 0 radical (unpaired) electrons. The Morgan fingerprint density at radius 2 is 1.66 bits per heavy atom. The fraction of sp³-hybridized carbons (Fsp3) is 0.214. The van der Waals surface area contributed by atoms with Crippen molar-refractivity contribution in [2.24, 2.45) is 5.92 Å². The third-order valence-corrected chi connectivity index (χ3v) is 9.72. The number of hydrogen-bond donors (Lipinski definition) is 2. The summed E-state index contributed by atoms with van der Waals surface area (Å²) in [6.07, 6.45) is 0.643. The van der Waals surface area contributed by atoms with Crippen LogP contribution in [0.1, 0.15) is 29.5 Å². The van der Waals surface area contributed by atoms with Crippen LogP contribution < -0.4 is 5.32 Å². The van der Waals surface area contributed by atoms with Gasteiger partial charge in [0, 0.05) is 29.0 Å². The van der Waals surface area contributed by atoms with Gasteiger partial charge in [-0.05, 0) is 52.4 Å². The fourth-order valence-corrected chi connectivity index (χ4v) is 7.91. The molecule has 0 aromatic heterocycles. The maximum absolute atomic E-state index is 11.7. The Labute approximate surface area is 226 Å². The Kier molecular flexibility index (Phi) is 6.12. The molecule has 2 aliphatic rings. The van der Waals surface area contributed by atoms with E-state index in [9.17, 15) is 25.3 Å². The number of rotatable bonds is 5. The van der Waals surface area contributed by atoms with E-state index in [-0.39, 0.29) is 50.6 Å². The van der Waals surface area contributed by atoms with Gasteiger partial charge in [-0.2, -0.15) is 0 Å². The number of nitro groups is 2. The van der Waals surface area contributed by atoms with E-state index < -0.39 is 4.92 Å². The highest BCUT2D eigenvalue weighted by molar-refractivity contribution is 8.00. The zero-order valence-corrected chi connectivity index (χ0v) is 21.4. The molecule has 38 heavy (non-hydrogen) atoms. The van der Waals surface area contributed by atoms with Crippen molar-refractivity contribution in [3.63, 3.8) is 0 Å². The first-order valence-electron chi connectivity index (χ1n) is 12.1. The Balaban J connectivity index is 1.47. The van der Waals surface area contributed by atoms with Gasteiger partial charge in [-0.3, -0.25) is 20.2 Å². The minimum Gasteiger partial charge on any atom is -0.502 e. The summed E-state index contributed by atoms with van der Waals surface area (Å²) >= 11 is 8.67. The summed E-state index contributed by atoms with van der Waals surface area (Å²) in [5.74, 6) is -0.527. The SMILES string of the molecule is O=[N+]([O-])c1cc(C2Nc3ccc4ccccc4c3C3C(Cl)C(Sc4ccccc4[N+](=O)[O-])CC23)ccc1O. The summed E-state index contributed by atoms with van der Waals surface area (Å²) in [5, 5.41) is 38.6. The van der Waals surface area contributed by atoms with Crippen LogP contribution in [0, 0.1) is 26.1 Å². The van der Waals surface area contributed by atoms with Gasteiger partial charge in [0.15, 0.2) is 5.75 Å². The molecule has 5 atom stereocenters. The van der Waals surface area contributed by atoms with Gasteiger partial charge in [0.2, 0.25) is 0 Å². The largest absolute Gasteiger partial charge is 0.502 e. The molecule has 0 bridgehead atoms. The molecule has 0 saturated heterocycles. The lowest BCUT2D eigenvalue weighted by atomic mass is 9.75. The molecular weight excluding hydrogens is 526 g/mol. The minimum atomic E-state index is -0.590. The van der Waals surface area contributed by atoms with Crippen molar-refractivity contribution < 1.29 is 15.0 Å². The van der Waals surface area contributed by atoms with Crippen molar-refractivity contribution in [1.29, 1.82) is 0 Å². The van der Waals surface area contributed by atoms with E-state index in [1.807, 2.05) is 24.3 Å². The molecule has 8 nitrogen and oxygen atoms in total. The first-order valence-corrected chi connectivity index (χ1v) is 13.4. The van der Waals surface area contributed by atoms with E-state index in [0.29, 0.717) is 16.9 Å². The number of para-hydroxylation sites is 1. The molecule has 1 aliphatic heterocycles. The predicted molar refractivity (Wildman–Crippen MR) is 148 cm³/mol. The molecule has 5 unspecified atom stereocenters. The molecule has 10 heteroatoms. The number of nitrogens with zero attached hydrogens (tertiary/aromatic N) is 2. The lowest BCUT2D eigenvalue weighted by molar-refractivity contribution is -0.387. The Morgan fingerprint density at radius 1 is 0.921 bits per heavy atom. The smallest absolute Gasteiger partial charge is 0.311 e. The van der Waals surface area contributed by atoms with Crippen molar-refractivity contribution in [2.75, 3.05) is 5.32 Å². The Hall–Kier alpha value is -3.82. The highest BCUT2D eigenvalue weighted by Gasteiger charge is 2.51. The van der Waals surface area contributed by atoms with Gasteiger partial charge in [0.1, 0.15) is 0 Å². The summed E-state index contributed by atoms with van der Waals surface area (Å²) in [5.41, 5.74) is 2.39. The van der Waals surface area contributed by atoms with Crippen molar-refractivity contribution >= 4 is 51.2 Å². The van der Waals surface area contributed by atoms with E-state index in [2.05, 4.69) is 17.4 Å². The number of nitrogens with one attached hydrogen (secondary N) is 1. The first-order chi connectivity index (χ1) is 18.3. The molecule has 1 aliphatic carbocycles. The second kappa shape index (κ2) is 9.49.